The molecular formula is C24H25NO2S. The van der Waals surface area contributed by atoms with Crippen molar-refractivity contribution in [2.75, 3.05) is 0 Å². The van der Waals surface area contributed by atoms with E-state index < -0.39 is 22.3 Å². The Labute approximate surface area is 173 Å². The second kappa shape index (κ2) is 8.21. The predicted octanol–water partition coefficient (Wildman–Crippen LogP) is 4.73. The van der Waals surface area contributed by atoms with Gasteiger partial charge in [-0.3, -0.25) is 10.1 Å². The number of hydrogen-bond acceptors (Lipinski definition) is 3. The van der Waals surface area contributed by atoms with E-state index in [1.165, 1.54) is 0 Å². The summed E-state index contributed by atoms with van der Waals surface area (Å²) in [6, 6.07) is 26.2. The molecule has 0 aliphatic carbocycles. The molecule has 1 atom stereocenters. The first-order valence-electron chi connectivity index (χ1n) is 9.66. The Balaban J connectivity index is 2.34. The third-order valence-electron chi connectivity index (χ3n) is 4.88. The van der Waals surface area contributed by atoms with Gasteiger partial charge in [0.05, 0.1) is 6.91 Å². The maximum atomic E-state index is 12.2. The van der Waals surface area contributed by atoms with Crippen molar-refractivity contribution in [3.05, 3.63) is 108 Å². The Bertz CT molecular complexity index is 914. The maximum absolute atomic E-state index is 12.2. The number of carboxylic acids is 1. The topological polar surface area (TPSA) is 49.3 Å². The van der Waals surface area contributed by atoms with Gasteiger partial charge in [-0.1, -0.05) is 91.0 Å². The molecule has 2 N–H and O–H groups in total. The minimum absolute atomic E-state index is 0.396. The molecule has 3 nitrogen and oxygen atoms in total. The molecule has 28 heavy (non-hydrogen) atoms. The molecule has 144 valence electrons. The van der Waals surface area contributed by atoms with Gasteiger partial charge >= 0.3 is 5.97 Å². The van der Waals surface area contributed by atoms with E-state index in [2.05, 4.69) is 17.9 Å². The second-order valence-electron chi connectivity index (χ2n) is 7.34. The fourth-order valence-corrected chi connectivity index (χ4v) is 3.70. The van der Waals surface area contributed by atoms with Crippen LogP contribution in [0.3, 0.4) is 0 Å². The molecule has 0 spiro atoms. The lowest BCUT2D eigenvalue weighted by Gasteiger charge is -2.42. The van der Waals surface area contributed by atoms with E-state index >= 15 is 0 Å². The molecule has 0 bridgehead atoms. The van der Waals surface area contributed by atoms with E-state index in [1.807, 2.05) is 72.8 Å². The number of carboxylic acid groups (broad SMARTS) is 1. The van der Waals surface area contributed by atoms with E-state index in [4.69, 9.17) is 1.37 Å². The highest BCUT2D eigenvalue weighted by molar-refractivity contribution is 7.81. The lowest BCUT2D eigenvalue weighted by Crippen LogP contribution is -2.58. The molecule has 3 aromatic rings. The number of hydrogen-bond donors (Lipinski definition) is 3. The average Bonchev–Trinajstić information content (AvgIpc) is 2.70. The summed E-state index contributed by atoms with van der Waals surface area (Å²) in [6.45, 7) is 3.57. The van der Waals surface area contributed by atoms with Crippen LogP contribution in [0.15, 0.2) is 91.0 Å². The molecule has 3 rings (SSSR count). The minimum Gasteiger partial charge on any atom is -0.480 e. The monoisotopic (exact) mass is 392 g/mol. The molecule has 0 unspecified atom stereocenters. The Kier molecular flexibility index (Phi) is 5.51. The third kappa shape index (κ3) is 3.98. The Hall–Kier alpha value is -2.56. The van der Waals surface area contributed by atoms with Gasteiger partial charge in [-0.05, 0) is 30.5 Å². The molecule has 0 aliphatic heterocycles. The van der Waals surface area contributed by atoms with Gasteiger partial charge in [0.15, 0.2) is 0 Å². The van der Waals surface area contributed by atoms with Crippen LogP contribution in [0.5, 0.6) is 0 Å². The van der Waals surface area contributed by atoms with Crippen LogP contribution in [-0.2, 0) is 10.3 Å². The van der Waals surface area contributed by atoms with Crippen LogP contribution in [0.1, 0.15) is 31.9 Å². The summed E-state index contributed by atoms with van der Waals surface area (Å²) >= 11 is 4.58. The zero-order valence-corrected chi connectivity index (χ0v) is 16.9. The van der Waals surface area contributed by atoms with Gasteiger partial charge < -0.3 is 5.11 Å². The van der Waals surface area contributed by atoms with E-state index in [1.54, 1.807) is 26.0 Å². The summed E-state index contributed by atoms with van der Waals surface area (Å²) in [5, 5.41) is 13.5. The van der Waals surface area contributed by atoms with Crippen LogP contribution >= 0.6 is 12.6 Å². The Morgan fingerprint density at radius 2 is 1.29 bits per heavy atom. The van der Waals surface area contributed by atoms with Crippen molar-refractivity contribution >= 4 is 18.6 Å². The van der Waals surface area contributed by atoms with Gasteiger partial charge in [-0.2, -0.15) is 12.6 Å². The second-order valence-corrected chi connectivity index (χ2v) is 8.49. The zero-order valence-electron chi connectivity index (χ0n) is 17.0. The summed E-state index contributed by atoms with van der Waals surface area (Å²) in [4.78, 5) is 12.2. The number of benzene rings is 3. The number of aliphatic carboxylic acids is 1. The van der Waals surface area contributed by atoms with Gasteiger partial charge in [0.2, 0.25) is 0 Å². The van der Waals surface area contributed by atoms with Crippen molar-refractivity contribution in [3.8, 4) is 0 Å². The SMILES string of the molecule is [2H]c1ccc(C(N[C@H](C(=O)O)C(C)(C)S)(c2ccccc2)c2ccccc2)cc1. The molecule has 0 saturated carbocycles. The van der Waals surface area contributed by atoms with Crippen LogP contribution in [0.4, 0.5) is 0 Å². The van der Waals surface area contributed by atoms with Gasteiger partial charge in [-0.25, -0.2) is 0 Å². The molecule has 0 amide bonds. The molecule has 0 aromatic heterocycles. The fraction of sp³-hybridized carbons (Fsp3) is 0.208. The lowest BCUT2D eigenvalue weighted by atomic mass is 9.76. The van der Waals surface area contributed by atoms with Crippen LogP contribution < -0.4 is 5.32 Å². The van der Waals surface area contributed by atoms with Crippen LogP contribution in [-0.4, -0.2) is 21.9 Å². The summed E-state index contributed by atoms with van der Waals surface area (Å²) in [5.74, 6) is -0.974. The lowest BCUT2D eigenvalue weighted by molar-refractivity contribution is -0.140. The molecule has 0 aliphatic rings. The molecule has 0 radical (unpaired) electrons. The molecular weight excluding hydrogens is 366 g/mol. The first kappa shape index (κ1) is 18.8. The van der Waals surface area contributed by atoms with Crippen molar-refractivity contribution in [1.82, 2.24) is 5.32 Å². The largest absolute Gasteiger partial charge is 0.480 e. The summed E-state index contributed by atoms with van der Waals surface area (Å²) < 4.78 is 7.06. The van der Waals surface area contributed by atoms with Crippen molar-refractivity contribution in [3.63, 3.8) is 0 Å². The highest BCUT2D eigenvalue weighted by Gasteiger charge is 2.43. The summed E-state index contributed by atoms with van der Waals surface area (Å²) in [6.07, 6.45) is 0. The quantitative estimate of drug-likeness (QED) is 0.402. The van der Waals surface area contributed by atoms with E-state index in [-0.39, 0.29) is 0 Å². The van der Waals surface area contributed by atoms with Gasteiger partial charge in [0, 0.05) is 4.75 Å². The fourth-order valence-electron chi connectivity index (χ4n) is 3.52. The number of thiol groups is 1. The Morgan fingerprint density at radius 1 is 0.893 bits per heavy atom. The normalized spacial score (nSPS) is 13.6. The van der Waals surface area contributed by atoms with Crippen LogP contribution in [0.25, 0.3) is 0 Å². The van der Waals surface area contributed by atoms with Gasteiger partial charge in [-0.15, -0.1) is 0 Å². The van der Waals surface area contributed by atoms with Crippen molar-refractivity contribution in [2.24, 2.45) is 0 Å². The van der Waals surface area contributed by atoms with Crippen molar-refractivity contribution in [2.45, 2.75) is 30.2 Å². The smallest absolute Gasteiger partial charge is 0.322 e. The standard InChI is InChI=1S/C24H25NO2S/c1-23(2,28)21(22(26)27)25-24(18-12-6-3-7-13-18,19-14-8-4-9-15-19)20-16-10-5-11-17-20/h3-17,21,25,28H,1-2H3,(H,26,27)/t21-/m1/s1/i3D. The number of rotatable bonds is 7. The number of carbonyl (C=O) groups is 1. The molecule has 0 fully saturated rings. The molecule has 0 saturated heterocycles. The average molecular weight is 393 g/mol. The highest BCUT2D eigenvalue weighted by atomic mass is 32.1. The third-order valence-corrected chi connectivity index (χ3v) is 5.14. The molecule has 4 heteroatoms. The van der Waals surface area contributed by atoms with Gasteiger partial charge in [0.1, 0.15) is 6.04 Å². The minimum atomic E-state index is -0.974. The predicted molar refractivity (Wildman–Crippen MR) is 117 cm³/mol. The van der Waals surface area contributed by atoms with E-state index in [9.17, 15) is 9.90 Å². The van der Waals surface area contributed by atoms with Gasteiger partial charge in [0.25, 0.3) is 0 Å². The summed E-state index contributed by atoms with van der Waals surface area (Å²) in [7, 11) is 0. The number of nitrogens with one attached hydrogen (secondary N) is 1. The Morgan fingerprint density at radius 3 is 1.64 bits per heavy atom. The summed E-state index contributed by atoms with van der Waals surface area (Å²) in [5.41, 5.74) is 1.74. The molecule has 0 heterocycles. The molecule has 3 aromatic carbocycles. The zero-order chi connectivity index (χ0) is 21.1. The first-order valence-corrected chi connectivity index (χ1v) is 9.61. The van der Waals surface area contributed by atoms with E-state index in [0.29, 0.717) is 6.04 Å². The maximum Gasteiger partial charge on any atom is 0.322 e. The van der Waals surface area contributed by atoms with Crippen LogP contribution in [0.2, 0.25) is 0 Å². The van der Waals surface area contributed by atoms with Crippen LogP contribution in [0, 0.1) is 0 Å². The first-order chi connectivity index (χ1) is 13.7. The highest BCUT2D eigenvalue weighted by Crippen LogP contribution is 2.38. The van der Waals surface area contributed by atoms with Crippen molar-refractivity contribution < 1.29 is 11.3 Å². The van der Waals surface area contributed by atoms with E-state index in [0.717, 1.165) is 16.7 Å². The van der Waals surface area contributed by atoms with Crippen molar-refractivity contribution in [1.29, 1.82) is 0 Å².